The average molecular weight is 269 g/mol. The van der Waals surface area contributed by atoms with Gasteiger partial charge in [-0.3, -0.25) is 0 Å². The first-order chi connectivity index (χ1) is 9.72. The smallest absolute Gasteiger partial charge is 0.119 e. The van der Waals surface area contributed by atoms with E-state index in [1.54, 1.807) is 0 Å². The van der Waals surface area contributed by atoms with E-state index < -0.39 is 0 Å². The van der Waals surface area contributed by atoms with Crippen molar-refractivity contribution in [3.8, 4) is 5.75 Å². The monoisotopic (exact) mass is 269 g/mol. The van der Waals surface area contributed by atoms with Crippen LogP contribution in [-0.4, -0.2) is 6.61 Å². The third-order valence-electron chi connectivity index (χ3n) is 3.48. The zero-order chi connectivity index (χ0) is 14.4. The van der Waals surface area contributed by atoms with Gasteiger partial charge in [0.05, 0.1) is 6.61 Å². The van der Waals surface area contributed by atoms with Gasteiger partial charge < -0.3 is 10.5 Å². The Balaban J connectivity index is 2.06. The van der Waals surface area contributed by atoms with E-state index in [1.165, 1.54) is 11.1 Å². The highest BCUT2D eigenvalue weighted by atomic mass is 16.5. The molecule has 0 saturated carbocycles. The number of rotatable bonds is 6. The third kappa shape index (κ3) is 3.84. The van der Waals surface area contributed by atoms with Gasteiger partial charge in [-0.25, -0.2) is 0 Å². The van der Waals surface area contributed by atoms with E-state index in [1.807, 2.05) is 25.1 Å². The third-order valence-corrected chi connectivity index (χ3v) is 3.48. The van der Waals surface area contributed by atoms with Crippen LogP contribution in [0.15, 0.2) is 48.5 Å². The van der Waals surface area contributed by atoms with Gasteiger partial charge in [0.15, 0.2) is 0 Å². The van der Waals surface area contributed by atoms with E-state index in [-0.39, 0.29) is 6.04 Å². The first-order valence-electron chi connectivity index (χ1n) is 7.29. The summed E-state index contributed by atoms with van der Waals surface area (Å²) in [6.07, 6.45) is 1.92. The molecule has 2 aromatic rings. The Morgan fingerprint density at radius 1 is 1.00 bits per heavy atom. The molecule has 0 spiro atoms. The fourth-order valence-corrected chi connectivity index (χ4v) is 2.28. The standard InChI is InChI=1S/C18H23NO/c1-3-14-8-10-15(11-9-14)12-18(19)16-6-5-7-17(13-16)20-4-2/h5-11,13,18H,3-4,12,19H2,1-2H3. The van der Waals surface area contributed by atoms with Gasteiger partial charge >= 0.3 is 0 Å². The van der Waals surface area contributed by atoms with Gasteiger partial charge in [0.1, 0.15) is 5.75 Å². The predicted octanol–water partition coefficient (Wildman–Crippen LogP) is 3.89. The summed E-state index contributed by atoms with van der Waals surface area (Å²) in [7, 11) is 0. The van der Waals surface area contributed by atoms with E-state index in [0.717, 1.165) is 24.2 Å². The maximum Gasteiger partial charge on any atom is 0.119 e. The SMILES string of the molecule is CCOc1cccc(C(N)Cc2ccc(CC)cc2)c1. The molecular formula is C18H23NO. The van der Waals surface area contributed by atoms with Crippen LogP contribution < -0.4 is 10.5 Å². The van der Waals surface area contributed by atoms with Crippen LogP contribution in [0.2, 0.25) is 0 Å². The summed E-state index contributed by atoms with van der Waals surface area (Å²) < 4.78 is 5.52. The number of aryl methyl sites for hydroxylation is 1. The van der Waals surface area contributed by atoms with Gasteiger partial charge in [-0.05, 0) is 48.6 Å². The summed E-state index contributed by atoms with van der Waals surface area (Å²) in [5.41, 5.74) is 10.1. The van der Waals surface area contributed by atoms with E-state index in [0.29, 0.717) is 6.61 Å². The molecule has 2 N–H and O–H groups in total. The van der Waals surface area contributed by atoms with Crippen molar-refractivity contribution in [1.29, 1.82) is 0 Å². The van der Waals surface area contributed by atoms with Crippen molar-refractivity contribution < 1.29 is 4.74 Å². The van der Waals surface area contributed by atoms with Crippen LogP contribution >= 0.6 is 0 Å². The lowest BCUT2D eigenvalue weighted by molar-refractivity contribution is 0.339. The lowest BCUT2D eigenvalue weighted by Crippen LogP contribution is -2.13. The Labute approximate surface area is 121 Å². The second kappa shape index (κ2) is 7.11. The Kier molecular flexibility index (Phi) is 5.19. The summed E-state index contributed by atoms with van der Waals surface area (Å²) in [4.78, 5) is 0. The molecule has 2 nitrogen and oxygen atoms in total. The quantitative estimate of drug-likeness (QED) is 0.863. The molecule has 0 bridgehead atoms. The molecule has 106 valence electrons. The molecule has 2 aromatic carbocycles. The van der Waals surface area contributed by atoms with Crippen molar-refractivity contribution in [2.24, 2.45) is 5.73 Å². The van der Waals surface area contributed by atoms with E-state index in [9.17, 15) is 0 Å². The molecule has 0 radical (unpaired) electrons. The highest BCUT2D eigenvalue weighted by Gasteiger charge is 2.08. The first kappa shape index (κ1) is 14.6. The average Bonchev–Trinajstić information content (AvgIpc) is 2.48. The van der Waals surface area contributed by atoms with Crippen LogP contribution in [0.4, 0.5) is 0 Å². The molecule has 0 aliphatic rings. The molecule has 0 aliphatic carbocycles. The largest absolute Gasteiger partial charge is 0.494 e. The summed E-state index contributed by atoms with van der Waals surface area (Å²) in [6, 6.07) is 16.8. The molecular weight excluding hydrogens is 246 g/mol. The van der Waals surface area contributed by atoms with E-state index >= 15 is 0 Å². The number of hydrogen-bond acceptors (Lipinski definition) is 2. The van der Waals surface area contributed by atoms with Crippen LogP contribution in [-0.2, 0) is 12.8 Å². The molecule has 2 rings (SSSR count). The Bertz CT molecular complexity index is 533. The highest BCUT2D eigenvalue weighted by Crippen LogP contribution is 2.21. The van der Waals surface area contributed by atoms with E-state index in [2.05, 4.69) is 37.3 Å². The molecule has 1 atom stereocenters. The Morgan fingerprint density at radius 2 is 1.70 bits per heavy atom. The normalized spacial score (nSPS) is 12.2. The molecule has 2 heteroatoms. The summed E-state index contributed by atoms with van der Waals surface area (Å²) in [5.74, 6) is 0.891. The van der Waals surface area contributed by atoms with Gasteiger partial charge in [0.2, 0.25) is 0 Å². The summed E-state index contributed by atoms with van der Waals surface area (Å²) in [6.45, 7) is 4.83. The maximum absolute atomic E-state index is 6.31. The van der Waals surface area contributed by atoms with Gasteiger partial charge in [0, 0.05) is 6.04 Å². The minimum absolute atomic E-state index is 0.00267. The van der Waals surface area contributed by atoms with Gasteiger partial charge in [-0.2, -0.15) is 0 Å². The van der Waals surface area contributed by atoms with Crippen molar-refractivity contribution in [2.75, 3.05) is 6.61 Å². The second-order valence-corrected chi connectivity index (χ2v) is 4.99. The minimum Gasteiger partial charge on any atom is -0.494 e. The fraction of sp³-hybridized carbons (Fsp3) is 0.333. The molecule has 0 aromatic heterocycles. The summed E-state index contributed by atoms with van der Waals surface area (Å²) in [5, 5.41) is 0. The van der Waals surface area contributed by atoms with Gasteiger partial charge in [-0.1, -0.05) is 43.3 Å². The first-order valence-corrected chi connectivity index (χ1v) is 7.29. The van der Waals surface area contributed by atoms with Crippen LogP contribution in [0.3, 0.4) is 0 Å². The number of hydrogen-bond donors (Lipinski definition) is 1. The fourth-order valence-electron chi connectivity index (χ4n) is 2.28. The molecule has 20 heavy (non-hydrogen) atoms. The number of benzene rings is 2. The van der Waals surface area contributed by atoms with Crippen molar-refractivity contribution >= 4 is 0 Å². The number of nitrogens with two attached hydrogens (primary N) is 1. The van der Waals surface area contributed by atoms with Crippen molar-refractivity contribution in [2.45, 2.75) is 32.7 Å². The second-order valence-electron chi connectivity index (χ2n) is 4.99. The lowest BCUT2D eigenvalue weighted by Gasteiger charge is -2.14. The predicted molar refractivity (Wildman–Crippen MR) is 84.1 cm³/mol. The van der Waals surface area contributed by atoms with E-state index in [4.69, 9.17) is 10.5 Å². The highest BCUT2D eigenvalue weighted by molar-refractivity contribution is 5.32. The van der Waals surface area contributed by atoms with Gasteiger partial charge in [0.25, 0.3) is 0 Å². The van der Waals surface area contributed by atoms with Crippen molar-refractivity contribution in [3.63, 3.8) is 0 Å². The maximum atomic E-state index is 6.31. The molecule has 0 aliphatic heterocycles. The minimum atomic E-state index is 0.00267. The van der Waals surface area contributed by atoms with Crippen LogP contribution in [0, 0.1) is 0 Å². The lowest BCUT2D eigenvalue weighted by atomic mass is 9.98. The Morgan fingerprint density at radius 3 is 2.35 bits per heavy atom. The molecule has 1 unspecified atom stereocenters. The molecule has 0 saturated heterocycles. The topological polar surface area (TPSA) is 35.2 Å². The molecule has 0 amide bonds. The zero-order valence-corrected chi connectivity index (χ0v) is 12.3. The van der Waals surface area contributed by atoms with Crippen molar-refractivity contribution in [1.82, 2.24) is 0 Å². The zero-order valence-electron chi connectivity index (χ0n) is 12.3. The van der Waals surface area contributed by atoms with Crippen molar-refractivity contribution in [3.05, 3.63) is 65.2 Å². The van der Waals surface area contributed by atoms with Crippen LogP contribution in [0.25, 0.3) is 0 Å². The molecule has 0 heterocycles. The van der Waals surface area contributed by atoms with Gasteiger partial charge in [-0.15, -0.1) is 0 Å². The van der Waals surface area contributed by atoms with Crippen LogP contribution in [0.1, 0.15) is 36.6 Å². The number of ether oxygens (including phenoxy) is 1. The van der Waals surface area contributed by atoms with Crippen LogP contribution in [0.5, 0.6) is 5.75 Å². The molecule has 0 fully saturated rings. The summed E-state index contributed by atoms with van der Waals surface area (Å²) >= 11 is 0. The Hall–Kier alpha value is -1.80.